The molecule has 0 bridgehead atoms. The first-order valence-electron chi connectivity index (χ1n) is 11.5. The van der Waals surface area contributed by atoms with Gasteiger partial charge in [-0.3, -0.25) is 4.90 Å². The Morgan fingerprint density at radius 3 is 2.29 bits per heavy atom. The lowest BCUT2D eigenvalue weighted by molar-refractivity contribution is 0.210. The summed E-state index contributed by atoms with van der Waals surface area (Å²) < 4.78 is 39.3. The zero-order chi connectivity index (χ0) is 24.6. The predicted molar refractivity (Wildman–Crippen MR) is 136 cm³/mol. The summed E-state index contributed by atoms with van der Waals surface area (Å²) in [5.74, 6) is 1.55. The molecule has 1 N–H and O–H groups in total. The standard InChI is InChI=1S/C27H27FN4O2S/c1-19-3-11-23(12-4-19)29-27-26(21-7-9-22(28)10-8-21)30-25-18-31(15-16-32(25)27)17-20-5-13-24(14-6-20)35(2,33)34/h3-14,29H,15-18H2,1-2H3. The number of halogens is 1. The molecule has 0 aliphatic carbocycles. The van der Waals surface area contributed by atoms with Crippen LogP contribution in [-0.2, 0) is 29.5 Å². The minimum Gasteiger partial charge on any atom is -0.340 e. The lowest BCUT2D eigenvalue weighted by Gasteiger charge is -2.28. The maximum absolute atomic E-state index is 13.6. The highest BCUT2D eigenvalue weighted by Gasteiger charge is 2.25. The molecule has 3 aromatic carbocycles. The van der Waals surface area contributed by atoms with Crippen LogP contribution in [0.3, 0.4) is 0 Å². The van der Waals surface area contributed by atoms with E-state index in [9.17, 15) is 12.8 Å². The van der Waals surface area contributed by atoms with E-state index in [0.29, 0.717) is 18.0 Å². The zero-order valence-corrected chi connectivity index (χ0v) is 20.5. The van der Waals surface area contributed by atoms with Gasteiger partial charge in [-0.15, -0.1) is 0 Å². The third-order valence-corrected chi connectivity index (χ3v) is 7.37. The summed E-state index contributed by atoms with van der Waals surface area (Å²) in [4.78, 5) is 7.58. The van der Waals surface area contributed by atoms with Gasteiger partial charge in [-0.2, -0.15) is 0 Å². The monoisotopic (exact) mass is 490 g/mol. The normalized spacial score (nSPS) is 14.0. The minimum absolute atomic E-state index is 0.279. The fourth-order valence-corrected chi connectivity index (χ4v) is 4.96. The molecule has 0 unspecified atom stereocenters. The number of benzene rings is 3. The Morgan fingerprint density at radius 1 is 0.943 bits per heavy atom. The molecule has 0 radical (unpaired) electrons. The van der Waals surface area contributed by atoms with Crippen molar-refractivity contribution in [1.29, 1.82) is 0 Å². The lowest BCUT2D eigenvalue weighted by Crippen LogP contribution is -2.33. The Labute approximate surface area is 205 Å². The van der Waals surface area contributed by atoms with Gasteiger partial charge >= 0.3 is 0 Å². The molecule has 0 fully saturated rings. The third-order valence-electron chi connectivity index (χ3n) is 6.24. The first-order valence-corrected chi connectivity index (χ1v) is 13.4. The zero-order valence-electron chi connectivity index (χ0n) is 19.7. The maximum atomic E-state index is 13.6. The maximum Gasteiger partial charge on any atom is 0.175 e. The highest BCUT2D eigenvalue weighted by molar-refractivity contribution is 7.90. The molecule has 180 valence electrons. The van der Waals surface area contributed by atoms with Crippen LogP contribution >= 0.6 is 0 Å². The van der Waals surface area contributed by atoms with Gasteiger partial charge < -0.3 is 9.88 Å². The number of nitrogens with one attached hydrogen (secondary N) is 1. The molecule has 0 atom stereocenters. The molecule has 8 heteroatoms. The van der Waals surface area contributed by atoms with E-state index in [1.807, 2.05) is 24.3 Å². The second-order valence-corrected chi connectivity index (χ2v) is 11.0. The van der Waals surface area contributed by atoms with E-state index in [1.54, 1.807) is 24.3 Å². The highest BCUT2D eigenvalue weighted by Crippen LogP contribution is 2.33. The summed E-state index contributed by atoms with van der Waals surface area (Å²) in [6.07, 6.45) is 1.22. The second kappa shape index (κ2) is 9.28. The second-order valence-electron chi connectivity index (χ2n) is 9.00. The van der Waals surface area contributed by atoms with Gasteiger partial charge in [0.2, 0.25) is 0 Å². The lowest BCUT2D eigenvalue weighted by atomic mass is 10.1. The number of aromatic nitrogens is 2. The predicted octanol–water partition coefficient (Wildman–Crippen LogP) is 5.16. The van der Waals surface area contributed by atoms with Gasteiger partial charge in [0.15, 0.2) is 9.84 Å². The first kappa shape index (κ1) is 23.3. The Kier molecular flexibility index (Phi) is 6.17. The summed E-state index contributed by atoms with van der Waals surface area (Å²) in [6, 6.07) is 21.7. The van der Waals surface area contributed by atoms with Crippen molar-refractivity contribution in [3.8, 4) is 11.3 Å². The van der Waals surface area contributed by atoms with Crippen LogP contribution in [0.4, 0.5) is 15.9 Å². The van der Waals surface area contributed by atoms with Crippen molar-refractivity contribution in [2.24, 2.45) is 0 Å². The topological polar surface area (TPSA) is 67.2 Å². The van der Waals surface area contributed by atoms with Gasteiger partial charge in [0.25, 0.3) is 0 Å². The largest absolute Gasteiger partial charge is 0.340 e. The first-order chi connectivity index (χ1) is 16.8. The average Bonchev–Trinajstić information content (AvgIpc) is 3.18. The molecule has 4 aromatic rings. The smallest absolute Gasteiger partial charge is 0.175 e. The Bertz CT molecular complexity index is 1450. The van der Waals surface area contributed by atoms with Gasteiger partial charge in [-0.25, -0.2) is 17.8 Å². The number of anilines is 2. The Hall–Kier alpha value is -3.49. The van der Waals surface area contributed by atoms with Crippen LogP contribution in [0.2, 0.25) is 0 Å². The highest BCUT2D eigenvalue weighted by atomic mass is 32.2. The molecular weight excluding hydrogens is 463 g/mol. The van der Waals surface area contributed by atoms with Crippen LogP contribution < -0.4 is 5.32 Å². The van der Waals surface area contributed by atoms with Gasteiger partial charge in [0.1, 0.15) is 23.2 Å². The van der Waals surface area contributed by atoms with E-state index >= 15 is 0 Å². The summed E-state index contributed by atoms with van der Waals surface area (Å²) in [6.45, 7) is 4.97. The van der Waals surface area contributed by atoms with Gasteiger partial charge in [-0.05, 0) is 61.0 Å². The number of hydrogen-bond donors (Lipinski definition) is 1. The molecule has 6 nitrogen and oxygen atoms in total. The number of sulfone groups is 1. The Balaban J connectivity index is 1.43. The van der Waals surface area contributed by atoms with Crippen molar-refractivity contribution >= 4 is 21.3 Å². The number of rotatable bonds is 6. The summed E-state index contributed by atoms with van der Waals surface area (Å²) in [7, 11) is -3.21. The molecule has 2 heterocycles. The van der Waals surface area contributed by atoms with Crippen LogP contribution in [0.25, 0.3) is 11.3 Å². The Morgan fingerprint density at radius 2 is 1.63 bits per heavy atom. The van der Waals surface area contributed by atoms with Crippen LogP contribution in [-0.4, -0.2) is 35.7 Å². The minimum atomic E-state index is -3.21. The quantitative estimate of drug-likeness (QED) is 0.404. The molecule has 35 heavy (non-hydrogen) atoms. The molecule has 0 saturated heterocycles. The fourth-order valence-electron chi connectivity index (χ4n) is 4.33. The molecule has 0 amide bonds. The van der Waals surface area contributed by atoms with Crippen LogP contribution in [0.5, 0.6) is 0 Å². The molecular formula is C27H27FN4O2S. The van der Waals surface area contributed by atoms with E-state index in [1.165, 1.54) is 24.0 Å². The van der Waals surface area contributed by atoms with Gasteiger partial charge in [0.05, 0.1) is 11.4 Å². The summed E-state index contributed by atoms with van der Waals surface area (Å²) in [5, 5.41) is 3.54. The molecule has 0 spiro atoms. The van der Waals surface area contributed by atoms with Crippen molar-refractivity contribution in [2.45, 2.75) is 31.5 Å². The van der Waals surface area contributed by atoms with E-state index in [-0.39, 0.29) is 5.82 Å². The van der Waals surface area contributed by atoms with Crippen molar-refractivity contribution in [3.63, 3.8) is 0 Å². The van der Waals surface area contributed by atoms with E-state index in [0.717, 1.165) is 47.2 Å². The molecule has 1 aromatic heterocycles. The van der Waals surface area contributed by atoms with Crippen LogP contribution in [0.15, 0.2) is 77.7 Å². The summed E-state index contributed by atoms with van der Waals surface area (Å²) in [5.41, 5.74) is 4.85. The van der Waals surface area contributed by atoms with E-state index < -0.39 is 9.84 Å². The van der Waals surface area contributed by atoms with Crippen LogP contribution in [0, 0.1) is 12.7 Å². The number of aryl methyl sites for hydroxylation is 1. The number of imidazole rings is 1. The fraction of sp³-hybridized carbons (Fsp3) is 0.222. The molecule has 1 aliphatic heterocycles. The van der Waals surface area contributed by atoms with Crippen molar-refractivity contribution in [2.75, 3.05) is 18.1 Å². The van der Waals surface area contributed by atoms with Crippen molar-refractivity contribution < 1.29 is 12.8 Å². The third kappa shape index (κ3) is 5.13. The van der Waals surface area contributed by atoms with Gasteiger partial charge in [-0.1, -0.05) is 29.8 Å². The molecule has 1 aliphatic rings. The van der Waals surface area contributed by atoms with Crippen LogP contribution in [0.1, 0.15) is 17.0 Å². The van der Waals surface area contributed by atoms with Gasteiger partial charge in [0, 0.05) is 37.1 Å². The number of hydrogen-bond acceptors (Lipinski definition) is 5. The number of nitrogens with zero attached hydrogens (tertiary/aromatic N) is 3. The average molecular weight is 491 g/mol. The molecule has 0 saturated carbocycles. The SMILES string of the molecule is Cc1ccc(Nc2c(-c3ccc(F)cc3)nc3n2CCN(Cc2ccc(S(C)(=O)=O)cc2)C3)cc1. The van der Waals surface area contributed by atoms with E-state index in [4.69, 9.17) is 4.98 Å². The summed E-state index contributed by atoms with van der Waals surface area (Å²) >= 11 is 0. The van der Waals surface area contributed by atoms with Crippen molar-refractivity contribution in [1.82, 2.24) is 14.5 Å². The number of fused-ring (bicyclic) bond motifs is 1. The van der Waals surface area contributed by atoms with E-state index in [2.05, 4.69) is 33.8 Å². The molecule has 5 rings (SSSR count). The van der Waals surface area contributed by atoms with Crippen molar-refractivity contribution in [3.05, 3.63) is 95.6 Å².